The molecule has 11 heteroatoms. The van der Waals surface area contributed by atoms with Gasteiger partial charge in [0.25, 0.3) is 10.0 Å². The van der Waals surface area contributed by atoms with Gasteiger partial charge in [0.2, 0.25) is 15.9 Å². The number of methoxy groups -OCH3 is 1. The fourth-order valence-corrected chi connectivity index (χ4v) is 6.83. The number of amides is 1. The highest BCUT2D eigenvalue weighted by Gasteiger charge is 2.33. The average molecular weight is 558 g/mol. The number of hydrogen-bond donors (Lipinski definition) is 2. The van der Waals surface area contributed by atoms with E-state index in [4.69, 9.17) is 4.74 Å². The Bertz CT molecular complexity index is 1520. The van der Waals surface area contributed by atoms with Crippen LogP contribution in [0.3, 0.4) is 0 Å². The fraction of sp³-hybridized carbons (Fsp3) is 0.296. The first-order chi connectivity index (χ1) is 18.0. The molecule has 0 bridgehead atoms. The van der Waals surface area contributed by atoms with Gasteiger partial charge in [0.15, 0.2) is 0 Å². The van der Waals surface area contributed by atoms with E-state index in [-0.39, 0.29) is 22.2 Å². The first-order valence-corrected chi connectivity index (χ1v) is 15.1. The van der Waals surface area contributed by atoms with Crippen molar-refractivity contribution in [1.29, 1.82) is 0 Å². The topological polar surface area (TPSA) is 122 Å². The number of anilines is 2. The van der Waals surface area contributed by atoms with Crippen molar-refractivity contribution >= 4 is 37.3 Å². The Hall–Kier alpha value is -3.41. The van der Waals surface area contributed by atoms with Crippen molar-refractivity contribution in [3.8, 4) is 5.75 Å². The summed E-state index contributed by atoms with van der Waals surface area (Å²) in [6.07, 6.45) is 1.10. The van der Waals surface area contributed by atoms with Crippen molar-refractivity contribution in [3.63, 3.8) is 0 Å². The van der Waals surface area contributed by atoms with Gasteiger partial charge >= 0.3 is 0 Å². The molecule has 1 fully saturated rings. The summed E-state index contributed by atoms with van der Waals surface area (Å²) in [5, 5.41) is 2.79. The molecular weight excluding hydrogens is 526 g/mol. The number of carbonyl (C=O) groups excluding carboxylic acids is 1. The highest BCUT2D eigenvalue weighted by Crippen LogP contribution is 2.26. The lowest BCUT2D eigenvalue weighted by atomic mass is 9.99. The molecule has 0 aromatic heterocycles. The zero-order chi connectivity index (χ0) is 27.5. The number of rotatable bonds is 8. The number of sulfonamides is 2. The maximum atomic E-state index is 13.1. The van der Waals surface area contributed by atoms with Gasteiger partial charge < -0.3 is 10.1 Å². The summed E-state index contributed by atoms with van der Waals surface area (Å²) in [5.74, 6) is -0.296. The Labute approximate surface area is 223 Å². The number of nitrogens with zero attached hydrogens (tertiary/aromatic N) is 1. The van der Waals surface area contributed by atoms with Crippen LogP contribution in [0.2, 0.25) is 0 Å². The Morgan fingerprint density at radius 2 is 1.50 bits per heavy atom. The van der Waals surface area contributed by atoms with Crippen molar-refractivity contribution in [2.45, 2.75) is 36.5 Å². The molecular formula is C27H31N3O6S2. The van der Waals surface area contributed by atoms with Gasteiger partial charge in [-0.2, -0.15) is 4.31 Å². The molecule has 0 saturated carbocycles. The van der Waals surface area contributed by atoms with Crippen molar-refractivity contribution in [2.24, 2.45) is 5.92 Å². The van der Waals surface area contributed by atoms with Gasteiger partial charge in [0, 0.05) is 24.5 Å². The van der Waals surface area contributed by atoms with Gasteiger partial charge in [-0.25, -0.2) is 16.8 Å². The van der Waals surface area contributed by atoms with Gasteiger partial charge in [-0.1, -0.05) is 6.07 Å². The second-order valence-corrected chi connectivity index (χ2v) is 12.9. The molecule has 1 unspecified atom stereocenters. The van der Waals surface area contributed by atoms with Crippen molar-refractivity contribution < 1.29 is 26.4 Å². The number of benzene rings is 3. The van der Waals surface area contributed by atoms with E-state index in [2.05, 4.69) is 10.0 Å². The Kier molecular flexibility index (Phi) is 8.10. The van der Waals surface area contributed by atoms with Crippen LogP contribution in [0.4, 0.5) is 11.4 Å². The summed E-state index contributed by atoms with van der Waals surface area (Å²) in [6, 6.07) is 17.3. The molecule has 0 spiro atoms. The van der Waals surface area contributed by atoms with Crippen LogP contribution in [-0.4, -0.2) is 47.2 Å². The molecule has 1 aliphatic heterocycles. The summed E-state index contributed by atoms with van der Waals surface area (Å²) in [5.41, 5.74) is 2.93. The van der Waals surface area contributed by atoms with Crippen molar-refractivity contribution in [1.82, 2.24) is 4.31 Å². The normalized spacial score (nSPS) is 16.6. The molecule has 0 aliphatic carbocycles. The van der Waals surface area contributed by atoms with E-state index < -0.39 is 26.0 Å². The van der Waals surface area contributed by atoms with Crippen LogP contribution in [0.1, 0.15) is 24.0 Å². The monoisotopic (exact) mass is 557 g/mol. The molecule has 1 atom stereocenters. The van der Waals surface area contributed by atoms with E-state index in [0.717, 1.165) is 11.1 Å². The van der Waals surface area contributed by atoms with E-state index in [1.807, 2.05) is 19.9 Å². The molecule has 1 saturated heterocycles. The van der Waals surface area contributed by atoms with Gasteiger partial charge in [-0.3, -0.25) is 9.52 Å². The first-order valence-electron chi connectivity index (χ1n) is 12.1. The smallest absolute Gasteiger partial charge is 0.261 e. The van der Waals surface area contributed by atoms with Crippen LogP contribution in [0, 0.1) is 19.8 Å². The molecule has 1 aliphatic rings. The van der Waals surface area contributed by atoms with Crippen molar-refractivity contribution in [2.75, 3.05) is 30.2 Å². The minimum Gasteiger partial charge on any atom is -0.497 e. The summed E-state index contributed by atoms with van der Waals surface area (Å²) < 4.78 is 60.8. The molecule has 1 amide bonds. The van der Waals surface area contributed by atoms with Crippen molar-refractivity contribution in [3.05, 3.63) is 77.9 Å². The molecule has 4 rings (SSSR count). The minimum absolute atomic E-state index is 0.0585. The van der Waals surface area contributed by atoms with Gasteiger partial charge in [0.1, 0.15) is 5.75 Å². The third-order valence-corrected chi connectivity index (χ3v) is 9.92. The third kappa shape index (κ3) is 6.17. The molecule has 0 radical (unpaired) electrons. The Morgan fingerprint density at radius 1 is 0.868 bits per heavy atom. The first kappa shape index (κ1) is 27.6. The summed E-state index contributed by atoms with van der Waals surface area (Å²) in [6.45, 7) is 4.25. The maximum absolute atomic E-state index is 13.1. The second-order valence-electron chi connectivity index (χ2n) is 9.30. The molecule has 2 N–H and O–H groups in total. The number of carbonyl (C=O) groups is 1. The highest BCUT2D eigenvalue weighted by atomic mass is 32.2. The SMILES string of the molecule is COc1ccc(S(=O)(=O)N2CCCC(C(=O)Nc3ccc(S(=O)(=O)Nc4ccc(C)c(C)c4)cc3)C2)cc1. The standard InChI is InChI=1S/C27H31N3O6S2/c1-19-6-7-23(17-20(19)2)29-37(32,33)25-12-8-22(9-13-25)28-27(31)21-5-4-16-30(18-21)38(34,35)26-14-10-24(36-3)11-15-26/h6-15,17,21,29H,4-5,16,18H2,1-3H3,(H,28,31). The number of ether oxygens (including phenoxy) is 1. The van der Waals surface area contributed by atoms with Crippen LogP contribution >= 0.6 is 0 Å². The number of aryl methyl sites for hydroxylation is 2. The lowest BCUT2D eigenvalue weighted by molar-refractivity contribution is -0.120. The van der Waals surface area contributed by atoms with Crippen LogP contribution in [0.15, 0.2) is 76.5 Å². The number of hydrogen-bond acceptors (Lipinski definition) is 6. The largest absolute Gasteiger partial charge is 0.497 e. The molecule has 1 heterocycles. The second kappa shape index (κ2) is 11.1. The zero-order valence-corrected chi connectivity index (χ0v) is 23.1. The van der Waals surface area contributed by atoms with Gasteiger partial charge in [-0.15, -0.1) is 0 Å². The summed E-state index contributed by atoms with van der Waals surface area (Å²) in [7, 11) is -6.06. The summed E-state index contributed by atoms with van der Waals surface area (Å²) in [4.78, 5) is 13.2. The summed E-state index contributed by atoms with van der Waals surface area (Å²) >= 11 is 0. The lowest BCUT2D eigenvalue weighted by Crippen LogP contribution is -2.43. The molecule has 3 aromatic rings. The Balaban J connectivity index is 1.40. The minimum atomic E-state index is -3.81. The predicted molar refractivity (Wildman–Crippen MR) is 146 cm³/mol. The number of nitrogens with one attached hydrogen (secondary N) is 2. The Morgan fingerprint density at radius 3 is 2.13 bits per heavy atom. The van der Waals surface area contributed by atoms with E-state index in [1.165, 1.54) is 47.8 Å². The molecule has 202 valence electrons. The van der Waals surface area contributed by atoms with Gasteiger partial charge in [0.05, 0.1) is 22.8 Å². The van der Waals surface area contributed by atoms with Crippen LogP contribution in [0.25, 0.3) is 0 Å². The zero-order valence-electron chi connectivity index (χ0n) is 21.5. The molecule has 3 aromatic carbocycles. The highest BCUT2D eigenvalue weighted by molar-refractivity contribution is 7.92. The lowest BCUT2D eigenvalue weighted by Gasteiger charge is -2.31. The van der Waals surface area contributed by atoms with Crippen LogP contribution in [0.5, 0.6) is 5.75 Å². The van der Waals surface area contributed by atoms with E-state index in [9.17, 15) is 21.6 Å². The van der Waals surface area contributed by atoms with Gasteiger partial charge in [-0.05, 0) is 98.5 Å². The predicted octanol–water partition coefficient (Wildman–Crippen LogP) is 4.15. The van der Waals surface area contributed by atoms with E-state index in [0.29, 0.717) is 36.5 Å². The van der Waals surface area contributed by atoms with Crippen LogP contribution < -0.4 is 14.8 Å². The fourth-order valence-electron chi connectivity index (χ4n) is 4.25. The third-order valence-electron chi connectivity index (χ3n) is 6.64. The number of piperidine rings is 1. The molecule has 38 heavy (non-hydrogen) atoms. The average Bonchev–Trinajstić information content (AvgIpc) is 2.91. The molecule has 9 nitrogen and oxygen atoms in total. The quantitative estimate of drug-likeness (QED) is 0.429. The van der Waals surface area contributed by atoms with Crippen LogP contribution in [-0.2, 0) is 24.8 Å². The van der Waals surface area contributed by atoms with E-state index in [1.54, 1.807) is 24.3 Å². The maximum Gasteiger partial charge on any atom is 0.261 e. The van der Waals surface area contributed by atoms with E-state index >= 15 is 0 Å².